The number of aliphatic hydroxyl groups is 1. The first-order valence-corrected chi connectivity index (χ1v) is 5.03. The van der Waals surface area contributed by atoms with Gasteiger partial charge in [0, 0.05) is 6.20 Å². The molecule has 6 heteroatoms. The largest absolute Gasteiger partial charge is 0.514 e. The first kappa shape index (κ1) is 8.37. The van der Waals surface area contributed by atoms with Crippen molar-refractivity contribution in [3.05, 3.63) is 27.3 Å². The molecule has 5 nitrogen and oxygen atoms in total. The molecule has 74 valence electrons. The standard InChI is InChI=1S/C9H5N3O2S/c13-3-5-7-6-4(11-9(14)12-7)1-2-10-8(6)15-5/h1-3,13H,(H,11,12,14)/b5-3-. The maximum Gasteiger partial charge on any atom is 0.346 e. The number of thiophene rings is 1. The van der Waals surface area contributed by atoms with Gasteiger partial charge in [0.2, 0.25) is 0 Å². The fraction of sp³-hybridized carbons (Fsp3) is 0. The Morgan fingerprint density at radius 3 is 3.20 bits per heavy atom. The maximum atomic E-state index is 11.2. The number of hydrogen-bond acceptors (Lipinski definition) is 5. The van der Waals surface area contributed by atoms with Crippen LogP contribution in [0.5, 0.6) is 0 Å². The van der Waals surface area contributed by atoms with E-state index in [0.29, 0.717) is 15.6 Å². The molecule has 0 amide bonds. The lowest BCUT2D eigenvalue weighted by Crippen LogP contribution is -2.12. The van der Waals surface area contributed by atoms with Crippen LogP contribution >= 0.6 is 11.3 Å². The Balaban J connectivity index is 2.79. The van der Waals surface area contributed by atoms with E-state index in [2.05, 4.69) is 15.0 Å². The molecule has 0 atom stereocenters. The van der Waals surface area contributed by atoms with Gasteiger partial charge in [-0.05, 0) is 6.07 Å². The van der Waals surface area contributed by atoms with Crippen molar-refractivity contribution in [1.29, 1.82) is 0 Å². The van der Waals surface area contributed by atoms with E-state index in [4.69, 9.17) is 5.11 Å². The number of nitrogens with zero attached hydrogens (tertiary/aromatic N) is 2. The molecule has 0 aliphatic heterocycles. The van der Waals surface area contributed by atoms with E-state index >= 15 is 0 Å². The fourth-order valence-corrected chi connectivity index (χ4v) is 2.50. The van der Waals surface area contributed by atoms with Crippen LogP contribution in [-0.2, 0) is 0 Å². The number of aliphatic hydroxyl groups excluding tert-OH is 1. The molecular weight excluding hydrogens is 214 g/mol. The third-order valence-corrected chi connectivity index (χ3v) is 3.19. The molecule has 0 aliphatic carbocycles. The second-order valence-corrected chi connectivity index (χ2v) is 4.06. The van der Waals surface area contributed by atoms with Crippen LogP contribution in [0.2, 0.25) is 0 Å². The summed E-state index contributed by atoms with van der Waals surface area (Å²) >= 11 is 1.30. The van der Waals surface area contributed by atoms with Crippen molar-refractivity contribution in [2.75, 3.05) is 0 Å². The third kappa shape index (κ3) is 1.05. The van der Waals surface area contributed by atoms with E-state index in [9.17, 15) is 4.79 Å². The van der Waals surface area contributed by atoms with E-state index in [0.717, 1.165) is 16.5 Å². The Kier molecular flexibility index (Phi) is 1.54. The Morgan fingerprint density at radius 2 is 2.40 bits per heavy atom. The third-order valence-electron chi connectivity index (χ3n) is 2.17. The second kappa shape index (κ2) is 2.77. The molecular formula is C9H5N3O2S. The molecule has 0 aromatic carbocycles. The lowest BCUT2D eigenvalue weighted by molar-refractivity contribution is 0.542. The predicted octanol–water partition coefficient (Wildman–Crippen LogP) is 0.548. The zero-order valence-electron chi connectivity index (χ0n) is 7.39. The van der Waals surface area contributed by atoms with Crippen molar-refractivity contribution in [2.24, 2.45) is 0 Å². The Labute approximate surface area is 86.7 Å². The Bertz CT molecular complexity index is 759. The molecule has 0 radical (unpaired) electrons. The van der Waals surface area contributed by atoms with Gasteiger partial charge in [-0.25, -0.2) is 9.78 Å². The molecule has 15 heavy (non-hydrogen) atoms. The number of rotatable bonds is 0. The van der Waals surface area contributed by atoms with Crippen LogP contribution in [0.25, 0.3) is 27.5 Å². The van der Waals surface area contributed by atoms with Crippen molar-refractivity contribution in [2.45, 2.75) is 0 Å². The molecule has 2 N–H and O–H groups in total. The summed E-state index contributed by atoms with van der Waals surface area (Å²) in [4.78, 5) is 22.6. The van der Waals surface area contributed by atoms with Gasteiger partial charge in [-0.1, -0.05) is 0 Å². The highest BCUT2D eigenvalue weighted by molar-refractivity contribution is 7.17. The molecule has 3 rings (SSSR count). The molecule has 0 bridgehead atoms. The minimum absolute atomic E-state index is 0.420. The number of pyridine rings is 1. The first-order chi connectivity index (χ1) is 7.29. The molecule has 3 aromatic rings. The summed E-state index contributed by atoms with van der Waals surface area (Å²) in [6, 6.07) is 1.71. The highest BCUT2D eigenvalue weighted by Crippen LogP contribution is 2.21. The van der Waals surface area contributed by atoms with Crippen molar-refractivity contribution >= 4 is 38.8 Å². The first-order valence-electron chi connectivity index (χ1n) is 4.21. The molecule has 0 aliphatic rings. The molecule has 0 fully saturated rings. The van der Waals surface area contributed by atoms with Crippen LogP contribution in [0, 0.1) is 0 Å². The SMILES string of the molecule is O=c1nc2/c(=C/O)sc3nccc([nH]1)c32. The highest BCUT2D eigenvalue weighted by Gasteiger charge is 2.09. The van der Waals surface area contributed by atoms with Crippen molar-refractivity contribution in [3.63, 3.8) is 0 Å². The predicted molar refractivity (Wildman–Crippen MR) is 57.9 cm³/mol. The molecule has 0 saturated heterocycles. The maximum absolute atomic E-state index is 11.2. The van der Waals surface area contributed by atoms with Gasteiger partial charge in [-0.3, -0.25) is 0 Å². The molecule has 3 aromatic heterocycles. The van der Waals surface area contributed by atoms with Gasteiger partial charge >= 0.3 is 5.69 Å². The summed E-state index contributed by atoms with van der Waals surface area (Å²) in [6.45, 7) is 0. The van der Waals surface area contributed by atoms with Crippen molar-refractivity contribution < 1.29 is 5.11 Å². The van der Waals surface area contributed by atoms with E-state index in [1.165, 1.54) is 11.3 Å². The van der Waals surface area contributed by atoms with Crippen LogP contribution in [0.15, 0.2) is 17.1 Å². The number of aromatic nitrogens is 3. The van der Waals surface area contributed by atoms with Crippen LogP contribution < -0.4 is 10.2 Å². The summed E-state index contributed by atoms with van der Waals surface area (Å²) in [6.07, 6.45) is 2.57. The van der Waals surface area contributed by atoms with Crippen LogP contribution in [0.1, 0.15) is 0 Å². The molecule has 0 spiro atoms. The zero-order chi connectivity index (χ0) is 10.4. The number of aromatic amines is 1. The Hall–Kier alpha value is -1.95. The van der Waals surface area contributed by atoms with E-state index in [1.807, 2.05) is 0 Å². The summed E-state index contributed by atoms with van der Waals surface area (Å²) < 4.78 is 0.555. The second-order valence-electron chi connectivity index (χ2n) is 3.02. The van der Waals surface area contributed by atoms with Gasteiger partial charge in [0.05, 0.1) is 21.7 Å². The van der Waals surface area contributed by atoms with Gasteiger partial charge < -0.3 is 10.1 Å². The van der Waals surface area contributed by atoms with E-state index < -0.39 is 5.69 Å². The van der Waals surface area contributed by atoms with Gasteiger partial charge in [0.15, 0.2) is 0 Å². The van der Waals surface area contributed by atoms with Gasteiger partial charge in [-0.2, -0.15) is 4.98 Å². The summed E-state index contributed by atoms with van der Waals surface area (Å²) in [5.41, 5.74) is 0.778. The number of nitrogens with one attached hydrogen (secondary N) is 1. The van der Waals surface area contributed by atoms with Crippen LogP contribution in [0.4, 0.5) is 0 Å². The van der Waals surface area contributed by atoms with Gasteiger partial charge in [0.1, 0.15) is 10.3 Å². The monoisotopic (exact) mass is 219 g/mol. The lowest BCUT2D eigenvalue weighted by Gasteiger charge is -1.94. The fourth-order valence-electron chi connectivity index (χ4n) is 1.57. The highest BCUT2D eigenvalue weighted by atomic mass is 32.1. The minimum Gasteiger partial charge on any atom is -0.514 e. The Morgan fingerprint density at radius 1 is 1.53 bits per heavy atom. The average molecular weight is 219 g/mol. The van der Waals surface area contributed by atoms with E-state index in [-0.39, 0.29) is 0 Å². The quantitative estimate of drug-likeness (QED) is 0.578. The average Bonchev–Trinajstić information content (AvgIpc) is 2.58. The summed E-state index contributed by atoms with van der Waals surface area (Å²) in [5, 5.41) is 9.81. The van der Waals surface area contributed by atoms with E-state index in [1.54, 1.807) is 12.3 Å². The molecule has 0 saturated carbocycles. The van der Waals surface area contributed by atoms with Crippen molar-refractivity contribution in [1.82, 2.24) is 15.0 Å². The number of H-pyrrole nitrogens is 1. The van der Waals surface area contributed by atoms with Gasteiger partial charge in [0.25, 0.3) is 0 Å². The van der Waals surface area contributed by atoms with Gasteiger partial charge in [-0.15, -0.1) is 11.3 Å². The minimum atomic E-state index is -0.420. The number of hydrogen-bond donors (Lipinski definition) is 2. The topological polar surface area (TPSA) is 78.9 Å². The lowest BCUT2D eigenvalue weighted by atomic mass is 10.3. The summed E-state index contributed by atoms with van der Waals surface area (Å²) in [7, 11) is 0. The van der Waals surface area contributed by atoms with Crippen molar-refractivity contribution in [3.8, 4) is 0 Å². The molecule has 3 heterocycles. The smallest absolute Gasteiger partial charge is 0.346 e. The molecule has 0 unspecified atom stereocenters. The normalized spacial score (nSPS) is 12.9. The zero-order valence-corrected chi connectivity index (χ0v) is 8.21. The van der Waals surface area contributed by atoms with Crippen LogP contribution in [0.3, 0.4) is 0 Å². The summed E-state index contributed by atoms with van der Waals surface area (Å²) in [5.74, 6) is 0. The van der Waals surface area contributed by atoms with Crippen LogP contribution in [-0.4, -0.2) is 20.1 Å².